The molecule has 0 radical (unpaired) electrons. The van der Waals surface area contributed by atoms with E-state index in [0.29, 0.717) is 19.0 Å². The predicted molar refractivity (Wildman–Crippen MR) is 109 cm³/mol. The summed E-state index contributed by atoms with van der Waals surface area (Å²) in [6.07, 6.45) is 1.52. The fraction of sp³-hybridized carbons (Fsp3) is 0.619. The molecule has 1 aliphatic heterocycles. The van der Waals surface area contributed by atoms with Crippen LogP contribution < -0.4 is 5.32 Å². The van der Waals surface area contributed by atoms with Crippen LogP contribution in [0.25, 0.3) is 0 Å². The molecule has 0 aliphatic carbocycles. The Kier molecular flexibility index (Phi) is 8.01. The lowest BCUT2D eigenvalue weighted by atomic mass is 9.94. The second-order valence-corrected chi connectivity index (χ2v) is 8.91. The number of likely N-dealkylation sites (tertiary alicyclic amines) is 1. The van der Waals surface area contributed by atoms with Crippen LogP contribution in [0.5, 0.6) is 0 Å². The van der Waals surface area contributed by atoms with Gasteiger partial charge in [-0.05, 0) is 38.2 Å². The van der Waals surface area contributed by atoms with Gasteiger partial charge in [0.05, 0.1) is 5.25 Å². The first-order valence-corrected chi connectivity index (χ1v) is 10.7. The molecule has 2 unspecified atom stereocenters. The number of carbonyl (C=O) groups is 2. The van der Waals surface area contributed by atoms with E-state index in [4.69, 9.17) is 0 Å². The van der Waals surface area contributed by atoms with Crippen molar-refractivity contribution < 1.29 is 9.59 Å². The van der Waals surface area contributed by atoms with Crippen molar-refractivity contribution in [3.63, 3.8) is 0 Å². The quantitative estimate of drug-likeness (QED) is 0.789. The maximum atomic E-state index is 12.7. The summed E-state index contributed by atoms with van der Waals surface area (Å²) >= 11 is 1.68. The zero-order valence-electron chi connectivity index (χ0n) is 16.4. The van der Waals surface area contributed by atoms with E-state index in [1.807, 2.05) is 36.9 Å². The molecule has 1 aromatic rings. The van der Waals surface area contributed by atoms with Gasteiger partial charge in [-0.3, -0.25) is 9.59 Å². The summed E-state index contributed by atoms with van der Waals surface area (Å²) < 4.78 is 0. The molecule has 2 rings (SSSR count). The molecule has 1 heterocycles. The molecule has 0 bridgehead atoms. The predicted octanol–water partition coefficient (Wildman–Crippen LogP) is 3.71. The highest BCUT2D eigenvalue weighted by molar-refractivity contribution is 7.99. The molecule has 4 nitrogen and oxygen atoms in total. The number of piperidine rings is 1. The Hall–Kier alpha value is -1.49. The molecule has 144 valence electrons. The van der Waals surface area contributed by atoms with Gasteiger partial charge >= 0.3 is 0 Å². The number of carbonyl (C=O) groups excluding carboxylic acids is 2. The second kappa shape index (κ2) is 10.0. The smallest absolute Gasteiger partial charge is 0.235 e. The van der Waals surface area contributed by atoms with Gasteiger partial charge in [0.2, 0.25) is 11.8 Å². The molecule has 1 aromatic carbocycles. The first kappa shape index (κ1) is 20.8. The van der Waals surface area contributed by atoms with E-state index in [9.17, 15) is 9.59 Å². The monoisotopic (exact) mass is 376 g/mol. The van der Waals surface area contributed by atoms with Gasteiger partial charge < -0.3 is 10.2 Å². The number of nitrogens with zero attached hydrogens (tertiary/aromatic N) is 1. The van der Waals surface area contributed by atoms with Gasteiger partial charge in [-0.15, -0.1) is 11.8 Å². The largest absolute Gasteiger partial charge is 0.353 e. The molecular formula is C21H32N2O2S. The number of nitrogens with one attached hydrogen (secondary N) is 1. The topological polar surface area (TPSA) is 49.4 Å². The highest BCUT2D eigenvalue weighted by Crippen LogP contribution is 2.23. The van der Waals surface area contributed by atoms with Crippen LogP contribution in [0.2, 0.25) is 0 Å². The number of hydrogen-bond donors (Lipinski definition) is 1. The molecule has 1 N–H and O–H groups in total. The molecular weight excluding hydrogens is 344 g/mol. The summed E-state index contributed by atoms with van der Waals surface area (Å²) in [5.41, 5.74) is 1.24. The lowest BCUT2D eigenvalue weighted by molar-refractivity contribution is -0.135. The molecule has 2 amide bonds. The van der Waals surface area contributed by atoms with Crippen LogP contribution in [0, 0.1) is 11.8 Å². The minimum atomic E-state index is -0.0541. The first-order valence-electron chi connectivity index (χ1n) is 9.63. The van der Waals surface area contributed by atoms with Crippen molar-refractivity contribution in [1.29, 1.82) is 0 Å². The van der Waals surface area contributed by atoms with Crippen LogP contribution in [0.4, 0.5) is 0 Å². The summed E-state index contributed by atoms with van der Waals surface area (Å²) in [5.74, 6) is 1.65. The van der Waals surface area contributed by atoms with Crippen LogP contribution >= 0.6 is 11.8 Å². The average Bonchev–Trinajstić information content (AvgIpc) is 2.66. The SMILES string of the molecule is CC(SCc1ccccc1)C(=O)N1CCC(C(=O)NC(C)C(C)C)CC1. The highest BCUT2D eigenvalue weighted by atomic mass is 32.2. The van der Waals surface area contributed by atoms with E-state index in [1.165, 1.54) is 5.56 Å². The number of thioether (sulfide) groups is 1. The number of amides is 2. The molecule has 26 heavy (non-hydrogen) atoms. The normalized spacial score (nSPS) is 17.8. The summed E-state index contributed by atoms with van der Waals surface area (Å²) in [5, 5.41) is 3.05. The van der Waals surface area contributed by atoms with Gasteiger partial charge in [0.1, 0.15) is 0 Å². The van der Waals surface area contributed by atoms with E-state index in [0.717, 1.165) is 18.6 Å². The standard InChI is InChI=1S/C21H32N2O2S/c1-15(2)16(3)22-20(24)19-10-12-23(13-11-19)21(25)17(4)26-14-18-8-6-5-7-9-18/h5-9,15-17,19H,10-14H2,1-4H3,(H,22,24). The first-order chi connectivity index (χ1) is 12.4. The van der Waals surface area contributed by atoms with Crippen LogP contribution in [0.3, 0.4) is 0 Å². The second-order valence-electron chi connectivity index (χ2n) is 7.58. The molecule has 1 saturated heterocycles. The van der Waals surface area contributed by atoms with Gasteiger partial charge in [0.15, 0.2) is 0 Å². The van der Waals surface area contributed by atoms with E-state index >= 15 is 0 Å². The third-order valence-electron chi connectivity index (χ3n) is 5.24. The Morgan fingerprint density at radius 2 is 1.73 bits per heavy atom. The molecule has 0 saturated carbocycles. The van der Waals surface area contributed by atoms with Gasteiger partial charge in [0, 0.05) is 30.8 Å². The summed E-state index contributed by atoms with van der Waals surface area (Å²) in [4.78, 5) is 27.0. The number of benzene rings is 1. The zero-order valence-corrected chi connectivity index (χ0v) is 17.2. The van der Waals surface area contributed by atoms with Crippen LogP contribution in [-0.2, 0) is 15.3 Å². The molecule has 1 fully saturated rings. The minimum absolute atomic E-state index is 0.0347. The van der Waals surface area contributed by atoms with Crippen molar-refractivity contribution in [1.82, 2.24) is 10.2 Å². The molecule has 0 spiro atoms. The van der Waals surface area contributed by atoms with Gasteiger partial charge in [-0.1, -0.05) is 44.2 Å². The lowest BCUT2D eigenvalue weighted by Gasteiger charge is -2.33. The molecule has 1 aliphatic rings. The Bertz CT molecular complexity index is 583. The number of rotatable bonds is 7. The van der Waals surface area contributed by atoms with Crippen molar-refractivity contribution in [3.8, 4) is 0 Å². The summed E-state index contributed by atoms with van der Waals surface area (Å²) in [7, 11) is 0. The van der Waals surface area contributed by atoms with Gasteiger partial charge in [-0.25, -0.2) is 0 Å². The Labute approximate surface area is 162 Å². The van der Waals surface area contributed by atoms with Crippen LogP contribution in [0.1, 0.15) is 46.1 Å². The van der Waals surface area contributed by atoms with Gasteiger partial charge in [-0.2, -0.15) is 0 Å². The van der Waals surface area contributed by atoms with Crippen molar-refractivity contribution in [2.45, 2.75) is 57.6 Å². The van der Waals surface area contributed by atoms with E-state index in [1.54, 1.807) is 11.8 Å². The Morgan fingerprint density at radius 1 is 1.12 bits per heavy atom. The molecule has 5 heteroatoms. The van der Waals surface area contributed by atoms with E-state index in [-0.39, 0.29) is 29.0 Å². The zero-order chi connectivity index (χ0) is 19.1. The highest BCUT2D eigenvalue weighted by Gasteiger charge is 2.30. The van der Waals surface area contributed by atoms with E-state index in [2.05, 4.69) is 31.3 Å². The minimum Gasteiger partial charge on any atom is -0.353 e. The van der Waals surface area contributed by atoms with Crippen molar-refractivity contribution in [2.75, 3.05) is 13.1 Å². The fourth-order valence-corrected chi connectivity index (χ4v) is 3.92. The van der Waals surface area contributed by atoms with Gasteiger partial charge in [0.25, 0.3) is 0 Å². The molecule has 2 atom stereocenters. The van der Waals surface area contributed by atoms with Crippen molar-refractivity contribution in [3.05, 3.63) is 35.9 Å². The third-order valence-corrected chi connectivity index (χ3v) is 6.44. The van der Waals surface area contributed by atoms with Crippen molar-refractivity contribution >= 4 is 23.6 Å². The van der Waals surface area contributed by atoms with E-state index < -0.39 is 0 Å². The maximum Gasteiger partial charge on any atom is 0.235 e. The molecule has 0 aromatic heterocycles. The van der Waals surface area contributed by atoms with Crippen LogP contribution in [0.15, 0.2) is 30.3 Å². The fourth-order valence-electron chi connectivity index (χ4n) is 2.99. The summed E-state index contributed by atoms with van der Waals surface area (Å²) in [6, 6.07) is 10.4. The lowest BCUT2D eigenvalue weighted by Crippen LogP contribution is -2.47. The summed E-state index contributed by atoms with van der Waals surface area (Å²) in [6.45, 7) is 9.62. The maximum absolute atomic E-state index is 12.7. The Balaban J connectivity index is 1.75. The van der Waals surface area contributed by atoms with Crippen LogP contribution in [-0.4, -0.2) is 41.1 Å². The third kappa shape index (κ3) is 6.04. The average molecular weight is 377 g/mol. The van der Waals surface area contributed by atoms with Crippen molar-refractivity contribution in [2.24, 2.45) is 11.8 Å². The Morgan fingerprint density at radius 3 is 2.31 bits per heavy atom. The number of hydrogen-bond acceptors (Lipinski definition) is 3.